The second-order valence-corrected chi connectivity index (χ2v) is 6.72. The molecule has 4 nitrogen and oxygen atoms in total. The zero-order chi connectivity index (χ0) is 13.7. The van der Waals surface area contributed by atoms with Crippen molar-refractivity contribution >= 4 is 0 Å². The van der Waals surface area contributed by atoms with Crippen molar-refractivity contribution < 1.29 is 9.47 Å². The van der Waals surface area contributed by atoms with E-state index in [2.05, 4.69) is 31.0 Å². The fourth-order valence-electron chi connectivity index (χ4n) is 3.02. The quantitative estimate of drug-likeness (QED) is 0.790. The van der Waals surface area contributed by atoms with Gasteiger partial charge in [0.1, 0.15) is 0 Å². The Morgan fingerprint density at radius 1 is 1.32 bits per heavy atom. The third-order valence-corrected chi connectivity index (χ3v) is 4.28. The summed E-state index contributed by atoms with van der Waals surface area (Å²) in [5.74, 6) is 0.710. The lowest BCUT2D eigenvalue weighted by molar-refractivity contribution is -0.0220. The SMILES string of the molecule is CC(C)CNCC1(CN2CCOCC2C)CCOC1. The Kier molecular flexibility index (Phi) is 5.63. The number of morpholine rings is 1. The number of hydrogen-bond donors (Lipinski definition) is 1. The molecule has 4 heteroatoms. The minimum atomic E-state index is 0.306. The second kappa shape index (κ2) is 7.02. The molecule has 0 bridgehead atoms. The molecular weight excluding hydrogens is 240 g/mol. The maximum atomic E-state index is 5.70. The molecule has 0 aliphatic carbocycles. The van der Waals surface area contributed by atoms with E-state index in [9.17, 15) is 0 Å². The lowest BCUT2D eigenvalue weighted by Gasteiger charge is -2.40. The van der Waals surface area contributed by atoms with Crippen molar-refractivity contribution in [2.75, 3.05) is 52.6 Å². The minimum Gasteiger partial charge on any atom is -0.381 e. The summed E-state index contributed by atoms with van der Waals surface area (Å²) in [4.78, 5) is 2.58. The van der Waals surface area contributed by atoms with E-state index >= 15 is 0 Å². The van der Waals surface area contributed by atoms with Crippen LogP contribution in [-0.2, 0) is 9.47 Å². The van der Waals surface area contributed by atoms with Crippen LogP contribution in [0.15, 0.2) is 0 Å². The van der Waals surface area contributed by atoms with Crippen LogP contribution in [0.25, 0.3) is 0 Å². The van der Waals surface area contributed by atoms with E-state index in [1.807, 2.05) is 0 Å². The van der Waals surface area contributed by atoms with Crippen LogP contribution >= 0.6 is 0 Å². The summed E-state index contributed by atoms with van der Waals surface area (Å²) in [6.45, 7) is 14.7. The average Bonchev–Trinajstić information content (AvgIpc) is 2.81. The zero-order valence-electron chi connectivity index (χ0n) is 12.8. The van der Waals surface area contributed by atoms with Gasteiger partial charge in [0.25, 0.3) is 0 Å². The van der Waals surface area contributed by atoms with Crippen molar-refractivity contribution in [3.05, 3.63) is 0 Å². The second-order valence-electron chi connectivity index (χ2n) is 6.72. The van der Waals surface area contributed by atoms with Gasteiger partial charge in [0, 0.05) is 37.7 Å². The molecule has 0 radical (unpaired) electrons. The molecule has 2 aliphatic rings. The number of nitrogens with one attached hydrogen (secondary N) is 1. The highest BCUT2D eigenvalue weighted by atomic mass is 16.5. The lowest BCUT2D eigenvalue weighted by Crippen LogP contribution is -2.52. The van der Waals surface area contributed by atoms with Crippen LogP contribution in [0.2, 0.25) is 0 Å². The van der Waals surface area contributed by atoms with Gasteiger partial charge in [0.2, 0.25) is 0 Å². The first-order chi connectivity index (χ1) is 9.11. The van der Waals surface area contributed by atoms with Gasteiger partial charge in [0.05, 0.1) is 19.8 Å². The predicted molar refractivity (Wildman–Crippen MR) is 77.4 cm³/mol. The van der Waals surface area contributed by atoms with Crippen molar-refractivity contribution in [3.63, 3.8) is 0 Å². The van der Waals surface area contributed by atoms with Crippen molar-refractivity contribution in [1.29, 1.82) is 0 Å². The first kappa shape index (κ1) is 15.2. The maximum absolute atomic E-state index is 5.70. The molecule has 2 heterocycles. The van der Waals surface area contributed by atoms with Crippen LogP contribution in [0.1, 0.15) is 27.2 Å². The Labute approximate surface area is 117 Å². The third-order valence-electron chi connectivity index (χ3n) is 4.28. The average molecular weight is 270 g/mol. The molecule has 2 saturated heterocycles. The largest absolute Gasteiger partial charge is 0.381 e. The summed E-state index contributed by atoms with van der Waals surface area (Å²) in [6, 6.07) is 0.538. The van der Waals surface area contributed by atoms with Gasteiger partial charge in [-0.1, -0.05) is 13.8 Å². The highest BCUT2D eigenvalue weighted by molar-refractivity contribution is 4.90. The van der Waals surface area contributed by atoms with Crippen LogP contribution in [0.4, 0.5) is 0 Å². The molecule has 2 fully saturated rings. The van der Waals surface area contributed by atoms with Gasteiger partial charge in [0.15, 0.2) is 0 Å². The Morgan fingerprint density at radius 2 is 2.16 bits per heavy atom. The topological polar surface area (TPSA) is 33.7 Å². The fourth-order valence-corrected chi connectivity index (χ4v) is 3.02. The smallest absolute Gasteiger partial charge is 0.0619 e. The zero-order valence-corrected chi connectivity index (χ0v) is 12.8. The highest BCUT2D eigenvalue weighted by Gasteiger charge is 2.37. The molecular formula is C15H30N2O2. The monoisotopic (exact) mass is 270 g/mol. The minimum absolute atomic E-state index is 0.306. The van der Waals surface area contributed by atoms with E-state index in [-0.39, 0.29) is 0 Å². The molecule has 0 saturated carbocycles. The van der Waals surface area contributed by atoms with Crippen molar-refractivity contribution in [1.82, 2.24) is 10.2 Å². The standard InChI is InChI=1S/C15H30N2O2/c1-13(2)8-16-10-15(4-6-19-12-15)11-17-5-7-18-9-14(17)3/h13-14,16H,4-12H2,1-3H3. The summed E-state index contributed by atoms with van der Waals surface area (Å²) < 4.78 is 11.2. The maximum Gasteiger partial charge on any atom is 0.0619 e. The predicted octanol–water partition coefficient (Wildman–Crippen LogP) is 1.36. The summed E-state index contributed by atoms with van der Waals surface area (Å²) in [7, 11) is 0. The number of hydrogen-bond acceptors (Lipinski definition) is 4. The van der Waals surface area contributed by atoms with Gasteiger partial charge in [-0.15, -0.1) is 0 Å². The molecule has 0 aromatic carbocycles. The molecule has 1 N–H and O–H groups in total. The van der Waals surface area contributed by atoms with Gasteiger partial charge >= 0.3 is 0 Å². The van der Waals surface area contributed by atoms with E-state index in [0.717, 1.165) is 52.6 Å². The van der Waals surface area contributed by atoms with E-state index in [1.165, 1.54) is 6.42 Å². The van der Waals surface area contributed by atoms with E-state index < -0.39 is 0 Å². The van der Waals surface area contributed by atoms with E-state index in [0.29, 0.717) is 17.4 Å². The molecule has 2 rings (SSSR count). The van der Waals surface area contributed by atoms with Crippen LogP contribution in [-0.4, -0.2) is 63.5 Å². The van der Waals surface area contributed by atoms with Gasteiger partial charge < -0.3 is 14.8 Å². The number of rotatable bonds is 6. The van der Waals surface area contributed by atoms with E-state index in [1.54, 1.807) is 0 Å². The van der Waals surface area contributed by atoms with Crippen LogP contribution in [0.3, 0.4) is 0 Å². The summed E-state index contributed by atoms with van der Waals surface area (Å²) >= 11 is 0. The third kappa shape index (κ3) is 4.42. The van der Waals surface area contributed by atoms with Crippen LogP contribution in [0, 0.1) is 11.3 Å². The molecule has 2 aliphatic heterocycles. The van der Waals surface area contributed by atoms with E-state index in [4.69, 9.17) is 9.47 Å². The normalized spacial score (nSPS) is 33.2. The van der Waals surface area contributed by atoms with Gasteiger partial charge in [-0.25, -0.2) is 0 Å². The Balaban J connectivity index is 1.87. The molecule has 0 aromatic heterocycles. The molecule has 2 atom stereocenters. The fraction of sp³-hybridized carbons (Fsp3) is 1.00. The lowest BCUT2D eigenvalue weighted by atomic mass is 9.85. The highest BCUT2D eigenvalue weighted by Crippen LogP contribution is 2.30. The molecule has 0 spiro atoms. The van der Waals surface area contributed by atoms with Gasteiger partial charge in [-0.05, 0) is 25.8 Å². The molecule has 19 heavy (non-hydrogen) atoms. The Morgan fingerprint density at radius 3 is 2.79 bits per heavy atom. The van der Waals surface area contributed by atoms with Gasteiger partial charge in [-0.3, -0.25) is 4.90 Å². The molecule has 0 amide bonds. The van der Waals surface area contributed by atoms with Crippen LogP contribution in [0.5, 0.6) is 0 Å². The summed E-state index contributed by atoms with van der Waals surface area (Å²) in [5, 5.41) is 3.63. The summed E-state index contributed by atoms with van der Waals surface area (Å²) in [5.41, 5.74) is 0.306. The molecule has 112 valence electrons. The number of ether oxygens (including phenoxy) is 2. The Bertz CT molecular complexity index is 265. The van der Waals surface area contributed by atoms with Gasteiger partial charge in [-0.2, -0.15) is 0 Å². The Hall–Kier alpha value is -0.160. The first-order valence-corrected chi connectivity index (χ1v) is 7.72. The molecule has 2 unspecified atom stereocenters. The summed E-state index contributed by atoms with van der Waals surface area (Å²) in [6.07, 6.45) is 1.18. The van der Waals surface area contributed by atoms with Crippen molar-refractivity contribution in [2.45, 2.75) is 33.2 Å². The molecule has 0 aromatic rings. The van der Waals surface area contributed by atoms with Crippen molar-refractivity contribution in [3.8, 4) is 0 Å². The van der Waals surface area contributed by atoms with Crippen molar-refractivity contribution in [2.24, 2.45) is 11.3 Å². The number of nitrogens with zero attached hydrogens (tertiary/aromatic N) is 1. The van der Waals surface area contributed by atoms with Crippen LogP contribution < -0.4 is 5.32 Å². The first-order valence-electron chi connectivity index (χ1n) is 7.72.